The fourth-order valence-corrected chi connectivity index (χ4v) is 3.31. The molecule has 1 fully saturated rings. The van der Waals surface area contributed by atoms with Crippen LogP contribution in [-0.2, 0) is 11.0 Å². The third kappa shape index (κ3) is 3.69. The van der Waals surface area contributed by atoms with Crippen molar-refractivity contribution in [2.45, 2.75) is 24.7 Å². The summed E-state index contributed by atoms with van der Waals surface area (Å²) in [6.45, 7) is 0.0291. The molecule has 6 heteroatoms. The summed E-state index contributed by atoms with van der Waals surface area (Å²) in [6.07, 6.45) is 5.15. The number of allylic oxidation sites excluding steroid dienone is 4. The number of β-amino-alcohol motifs (C(OH)–C–C–N with tert-alkyl or cyclic N) is 1. The van der Waals surface area contributed by atoms with Crippen molar-refractivity contribution in [3.63, 3.8) is 0 Å². The average molecular weight is 349 g/mol. The van der Waals surface area contributed by atoms with Crippen molar-refractivity contribution in [3.8, 4) is 0 Å². The number of nitrogens with zero attached hydrogens (tertiary/aromatic N) is 1. The summed E-state index contributed by atoms with van der Waals surface area (Å²) in [5.74, 6) is -0.865. The largest absolute Gasteiger partial charge is 0.416 e. The molecule has 1 aromatic carbocycles. The molecule has 0 aromatic heterocycles. The second-order valence-electron chi connectivity index (χ2n) is 6.16. The normalized spacial score (nSPS) is 23.9. The van der Waals surface area contributed by atoms with Crippen LogP contribution in [0.25, 0.3) is 0 Å². The van der Waals surface area contributed by atoms with E-state index in [1.54, 1.807) is 36.5 Å². The highest BCUT2D eigenvalue weighted by Crippen LogP contribution is 2.41. The van der Waals surface area contributed by atoms with Gasteiger partial charge in [-0.25, -0.2) is 0 Å². The second kappa shape index (κ2) is 6.88. The van der Waals surface area contributed by atoms with Crippen molar-refractivity contribution in [1.82, 2.24) is 4.90 Å². The fraction of sp³-hybridized carbons (Fsp3) is 0.316. The van der Waals surface area contributed by atoms with E-state index < -0.39 is 29.8 Å². The molecule has 1 aliphatic carbocycles. The molecule has 0 unspecified atom stereocenters. The summed E-state index contributed by atoms with van der Waals surface area (Å²) in [5, 5.41) is 10.0. The van der Waals surface area contributed by atoms with Crippen LogP contribution in [0.15, 0.2) is 60.7 Å². The van der Waals surface area contributed by atoms with E-state index in [1.807, 2.05) is 0 Å². The third-order valence-corrected chi connectivity index (χ3v) is 4.44. The molecule has 132 valence electrons. The summed E-state index contributed by atoms with van der Waals surface area (Å²) >= 11 is 0. The summed E-state index contributed by atoms with van der Waals surface area (Å²) in [7, 11) is 0. The second-order valence-corrected chi connectivity index (χ2v) is 6.16. The van der Waals surface area contributed by atoms with Gasteiger partial charge in [0.1, 0.15) is 0 Å². The first-order chi connectivity index (χ1) is 11.9. The monoisotopic (exact) mass is 349 g/mol. The number of carbonyl (C=O) groups excluding carboxylic acids is 1. The van der Waals surface area contributed by atoms with Crippen LogP contribution in [0.1, 0.15) is 23.6 Å². The molecular weight excluding hydrogens is 331 g/mol. The van der Waals surface area contributed by atoms with Crippen molar-refractivity contribution in [2.24, 2.45) is 5.92 Å². The van der Waals surface area contributed by atoms with Gasteiger partial charge in [-0.05, 0) is 18.1 Å². The van der Waals surface area contributed by atoms with Gasteiger partial charge >= 0.3 is 6.18 Å². The van der Waals surface area contributed by atoms with Crippen molar-refractivity contribution in [2.75, 3.05) is 6.54 Å². The van der Waals surface area contributed by atoms with Gasteiger partial charge in [0.2, 0.25) is 5.91 Å². The lowest BCUT2D eigenvalue weighted by Crippen LogP contribution is -2.36. The van der Waals surface area contributed by atoms with Gasteiger partial charge in [-0.15, -0.1) is 0 Å². The summed E-state index contributed by atoms with van der Waals surface area (Å²) in [5.41, 5.74) is -0.736. The average Bonchev–Trinajstić information content (AvgIpc) is 2.78. The zero-order valence-corrected chi connectivity index (χ0v) is 13.4. The van der Waals surface area contributed by atoms with Crippen LogP contribution in [-0.4, -0.2) is 28.6 Å². The molecule has 1 heterocycles. The van der Waals surface area contributed by atoms with E-state index in [2.05, 4.69) is 0 Å². The van der Waals surface area contributed by atoms with Crippen molar-refractivity contribution in [3.05, 3.63) is 71.8 Å². The molecule has 0 saturated carbocycles. The number of hydrogen-bond donors (Lipinski definition) is 1. The van der Waals surface area contributed by atoms with Gasteiger partial charge < -0.3 is 10.0 Å². The van der Waals surface area contributed by atoms with Crippen molar-refractivity contribution >= 4 is 5.91 Å². The highest BCUT2D eigenvalue weighted by molar-refractivity contribution is 5.83. The molecule has 2 aliphatic rings. The van der Waals surface area contributed by atoms with Gasteiger partial charge in [0, 0.05) is 6.54 Å². The number of benzene rings is 1. The summed E-state index contributed by atoms with van der Waals surface area (Å²) < 4.78 is 40.0. The lowest BCUT2D eigenvalue weighted by atomic mass is 9.96. The van der Waals surface area contributed by atoms with Crippen LogP contribution in [0.3, 0.4) is 0 Å². The Hall–Kier alpha value is -2.34. The molecule has 1 amide bonds. The number of alkyl halides is 3. The molecule has 3 rings (SSSR count). The number of carbonyl (C=O) groups is 1. The van der Waals surface area contributed by atoms with E-state index in [0.717, 1.165) is 6.07 Å². The van der Waals surface area contributed by atoms with E-state index in [-0.39, 0.29) is 24.4 Å². The third-order valence-electron chi connectivity index (χ3n) is 4.44. The Kier molecular flexibility index (Phi) is 4.81. The number of aliphatic hydroxyl groups is 1. The molecule has 0 radical (unpaired) electrons. The van der Waals surface area contributed by atoms with E-state index >= 15 is 0 Å². The van der Waals surface area contributed by atoms with Crippen molar-refractivity contribution < 1.29 is 23.1 Å². The Morgan fingerprint density at radius 2 is 1.72 bits per heavy atom. The maximum absolute atomic E-state index is 13.3. The van der Waals surface area contributed by atoms with Gasteiger partial charge in [-0.3, -0.25) is 4.79 Å². The zero-order valence-electron chi connectivity index (χ0n) is 13.4. The molecule has 2 atom stereocenters. The maximum Gasteiger partial charge on any atom is 0.416 e. The van der Waals surface area contributed by atoms with Crippen LogP contribution in [0.4, 0.5) is 13.2 Å². The van der Waals surface area contributed by atoms with Crippen LogP contribution < -0.4 is 0 Å². The Morgan fingerprint density at radius 3 is 2.36 bits per heavy atom. The van der Waals surface area contributed by atoms with Crippen LogP contribution in [0, 0.1) is 5.92 Å². The SMILES string of the molecule is O=C(C1C=CC=CC=C1)N1C[C@H](O)C[C@@H]1c1ccccc1C(F)(F)F. The molecule has 1 N–H and O–H groups in total. The first-order valence-electron chi connectivity index (χ1n) is 8.04. The number of hydrogen-bond acceptors (Lipinski definition) is 2. The fourth-order valence-electron chi connectivity index (χ4n) is 3.31. The van der Waals surface area contributed by atoms with E-state index in [0.29, 0.717) is 0 Å². The minimum Gasteiger partial charge on any atom is -0.391 e. The van der Waals surface area contributed by atoms with Gasteiger partial charge in [-0.1, -0.05) is 54.7 Å². The minimum atomic E-state index is -4.51. The predicted octanol–water partition coefficient (Wildman–Crippen LogP) is 3.64. The standard InChI is InChI=1S/C19H18F3NO2/c20-19(21,22)16-10-6-5-9-15(16)17-11-14(24)12-23(17)18(25)13-7-3-1-2-4-8-13/h1-10,13-14,17,24H,11-12H2/t14-,17-/m1/s1. The molecule has 1 aliphatic heterocycles. The van der Waals surface area contributed by atoms with Gasteiger partial charge in [0.25, 0.3) is 0 Å². The highest BCUT2D eigenvalue weighted by Gasteiger charge is 2.42. The molecule has 0 bridgehead atoms. The van der Waals surface area contributed by atoms with Gasteiger partial charge in [0.05, 0.1) is 23.6 Å². The minimum absolute atomic E-state index is 0.0274. The Balaban J connectivity index is 1.94. The zero-order chi connectivity index (χ0) is 18.0. The number of aliphatic hydroxyl groups excluding tert-OH is 1. The molecule has 1 saturated heterocycles. The number of halogens is 3. The topological polar surface area (TPSA) is 40.5 Å². The first kappa shape index (κ1) is 17.5. The number of likely N-dealkylation sites (tertiary alicyclic amines) is 1. The smallest absolute Gasteiger partial charge is 0.391 e. The highest BCUT2D eigenvalue weighted by atomic mass is 19.4. The van der Waals surface area contributed by atoms with Gasteiger partial charge in [-0.2, -0.15) is 13.2 Å². The molecule has 3 nitrogen and oxygen atoms in total. The quantitative estimate of drug-likeness (QED) is 0.886. The van der Waals surface area contributed by atoms with Crippen molar-refractivity contribution in [1.29, 1.82) is 0 Å². The van der Waals surface area contributed by atoms with Gasteiger partial charge in [0.15, 0.2) is 0 Å². The molecular formula is C19H18F3NO2. The molecule has 0 spiro atoms. The lowest BCUT2D eigenvalue weighted by molar-refractivity contribution is -0.140. The molecule has 25 heavy (non-hydrogen) atoms. The predicted molar refractivity (Wildman–Crippen MR) is 87.4 cm³/mol. The Morgan fingerprint density at radius 1 is 1.08 bits per heavy atom. The van der Waals surface area contributed by atoms with Crippen LogP contribution in [0.5, 0.6) is 0 Å². The van der Waals surface area contributed by atoms with Crippen LogP contribution >= 0.6 is 0 Å². The van der Waals surface area contributed by atoms with E-state index in [9.17, 15) is 23.1 Å². The maximum atomic E-state index is 13.3. The molecule has 1 aromatic rings. The Bertz CT molecular complexity index is 720. The lowest BCUT2D eigenvalue weighted by Gasteiger charge is -2.28. The van der Waals surface area contributed by atoms with Crippen LogP contribution in [0.2, 0.25) is 0 Å². The van der Waals surface area contributed by atoms with E-state index in [4.69, 9.17) is 0 Å². The number of amides is 1. The Labute approximate surface area is 143 Å². The number of rotatable bonds is 2. The summed E-state index contributed by atoms with van der Waals surface area (Å²) in [6, 6.07) is 4.45. The van der Waals surface area contributed by atoms with E-state index in [1.165, 1.54) is 23.1 Å². The first-order valence-corrected chi connectivity index (χ1v) is 8.04. The summed E-state index contributed by atoms with van der Waals surface area (Å²) in [4.78, 5) is 14.2.